The number of piperidine rings is 1. The van der Waals surface area contributed by atoms with Crippen LogP contribution in [0.4, 0.5) is 0 Å². The third-order valence-electron chi connectivity index (χ3n) is 6.58. The number of hydrazone groups is 1. The van der Waals surface area contributed by atoms with Gasteiger partial charge in [0.2, 0.25) is 0 Å². The molecule has 11 heteroatoms. The average molecular weight is 485 g/mol. The molecule has 0 radical (unpaired) electrons. The van der Waals surface area contributed by atoms with Gasteiger partial charge in [0.15, 0.2) is 0 Å². The second-order valence-corrected chi connectivity index (χ2v) is 8.92. The van der Waals surface area contributed by atoms with Crippen LogP contribution in [0.25, 0.3) is 16.4 Å². The summed E-state index contributed by atoms with van der Waals surface area (Å²) < 4.78 is 9.87. The summed E-state index contributed by atoms with van der Waals surface area (Å²) in [5.41, 5.74) is 4.78. The number of nitrogens with two attached hydrogens (primary N) is 1. The first kappa shape index (κ1) is 23.4. The molecule has 0 amide bonds. The van der Waals surface area contributed by atoms with Crippen molar-refractivity contribution in [3.05, 3.63) is 53.7 Å². The lowest BCUT2D eigenvalue weighted by Crippen LogP contribution is -2.31. The SMILES string of the molecule is CC(=NC1CCNCC1)/C(=N\N)c1cc(OC(C)c2cncc3c2cnn3C)c2c(C#N)cnn2c1. The van der Waals surface area contributed by atoms with Gasteiger partial charge >= 0.3 is 0 Å². The number of nitrogens with one attached hydrogen (secondary N) is 1. The van der Waals surface area contributed by atoms with E-state index in [0.29, 0.717) is 28.1 Å². The number of hydrogen-bond donors (Lipinski definition) is 2. The fraction of sp³-hybridized carbons (Fsp3) is 0.360. The molecule has 1 atom stereocenters. The lowest BCUT2D eigenvalue weighted by Gasteiger charge is -2.20. The van der Waals surface area contributed by atoms with Crippen LogP contribution >= 0.6 is 0 Å². The van der Waals surface area contributed by atoms with E-state index in [9.17, 15) is 5.26 Å². The second kappa shape index (κ2) is 9.75. The molecule has 5 rings (SSSR count). The molecule has 0 bridgehead atoms. The molecule has 1 fully saturated rings. The maximum atomic E-state index is 9.69. The van der Waals surface area contributed by atoms with Gasteiger partial charge in [-0.2, -0.15) is 20.6 Å². The molecule has 0 spiro atoms. The number of aliphatic imine (C=N–C) groups is 1. The first-order chi connectivity index (χ1) is 17.5. The molecule has 4 aromatic rings. The fourth-order valence-corrected chi connectivity index (χ4v) is 4.69. The zero-order valence-electron chi connectivity index (χ0n) is 20.5. The predicted molar refractivity (Wildman–Crippen MR) is 137 cm³/mol. The molecule has 0 saturated carbocycles. The lowest BCUT2D eigenvalue weighted by molar-refractivity contribution is 0.230. The highest BCUT2D eigenvalue weighted by Gasteiger charge is 2.21. The molecule has 4 aromatic heterocycles. The largest absolute Gasteiger partial charge is 0.484 e. The molecule has 0 aromatic carbocycles. The van der Waals surface area contributed by atoms with Gasteiger partial charge in [0.05, 0.1) is 35.9 Å². The molecular weight excluding hydrogens is 456 g/mol. The molecular formula is C25H28N10O. The number of aromatic nitrogens is 5. The molecule has 184 valence electrons. The minimum Gasteiger partial charge on any atom is -0.484 e. The molecule has 1 aliphatic heterocycles. The van der Waals surface area contributed by atoms with Crippen molar-refractivity contribution in [3.8, 4) is 11.8 Å². The van der Waals surface area contributed by atoms with Crippen molar-refractivity contribution in [2.45, 2.75) is 38.8 Å². The fourth-order valence-electron chi connectivity index (χ4n) is 4.69. The van der Waals surface area contributed by atoms with Crippen molar-refractivity contribution in [1.29, 1.82) is 5.26 Å². The van der Waals surface area contributed by atoms with E-state index in [0.717, 1.165) is 48.1 Å². The van der Waals surface area contributed by atoms with Gasteiger partial charge < -0.3 is 15.9 Å². The number of aryl methyl sites for hydroxylation is 1. The Bertz CT molecular complexity index is 1520. The van der Waals surface area contributed by atoms with Crippen molar-refractivity contribution in [3.63, 3.8) is 0 Å². The van der Waals surface area contributed by atoms with Crippen LogP contribution in [0, 0.1) is 11.3 Å². The topological polar surface area (TPSA) is 144 Å². The average Bonchev–Trinajstić information content (AvgIpc) is 3.48. The van der Waals surface area contributed by atoms with E-state index in [1.165, 1.54) is 6.20 Å². The summed E-state index contributed by atoms with van der Waals surface area (Å²) in [6.07, 6.45) is 10.2. The Morgan fingerprint density at radius 3 is 2.81 bits per heavy atom. The Morgan fingerprint density at radius 2 is 2.06 bits per heavy atom. The van der Waals surface area contributed by atoms with Gasteiger partial charge in [0, 0.05) is 36.0 Å². The second-order valence-electron chi connectivity index (χ2n) is 8.92. The molecule has 0 aliphatic carbocycles. The zero-order valence-corrected chi connectivity index (χ0v) is 20.5. The Labute approximate surface area is 208 Å². The summed E-state index contributed by atoms with van der Waals surface area (Å²) in [6.45, 7) is 5.75. The van der Waals surface area contributed by atoms with Crippen LogP contribution in [0.5, 0.6) is 5.75 Å². The van der Waals surface area contributed by atoms with Crippen molar-refractivity contribution < 1.29 is 4.74 Å². The minimum absolute atomic E-state index is 0.227. The van der Waals surface area contributed by atoms with Gasteiger partial charge in [-0.1, -0.05) is 0 Å². The number of rotatable bonds is 6. The highest BCUT2D eigenvalue weighted by molar-refractivity contribution is 6.47. The summed E-state index contributed by atoms with van der Waals surface area (Å²) in [5.74, 6) is 6.34. The normalized spacial score (nSPS) is 16.4. The molecule has 1 saturated heterocycles. The zero-order chi connectivity index (χ0) is 25.2. The molecule has 1 unspecified atom stereocenters. The summed E-state index contributed by atoms with van der Waals surface area (Å²) in [7, 11) is 1.87. The number of nitriles is 1. The van der Waals surface area contributed by atoms with Crippen LogP contribution < -0.4 is 15.9 Å². The molecule has 1 aliphatic rings. The van der Waals surface area contributed by atoms with Gasteiger partial charge in [-0.3, -0.25) is 14.7 Å². The third kappa shape index (κ3) is 4.27. The Balaban J connectivity index is 1.55. The summed E-state index contributed by atoms with van der Waals surface area (Å²) in [6, 6.07) is 4.27. The highest BCUT2D eigenvalue weighted by atomic mass is 16.5. The Kier molecular flexibility index (Phi) is 6.35. The van der Waals surface area contributed by atoms with Gasteiger partial charge in [0.25, 0.3) is 0 Å². The van der Waals surface area contributed by atoms with E-state index >= 15 is 0 Å². The van der Waals surface area contributed by atoms with Gasteiger partial charge in [-0.05, 0) is 45.8 Å². The van der Waals surface area contributed by atoms with Crippen LogP contribution in [0.3, 0.4) is 0 Å². The first-order valence-electron chi connectivity index (χ1n) is 11.9. The van der Waals surface area contributed by atoms with Gasteiger partial charge in [-0.25, -0.2) is 4.52 Å². The molecule has 11 nitrogen and oxygen atoms in total. The van der Waals surface area contributed by atoms with Gasteiger partial charge in [-0.15, -0.1) is 0 Å². The van der Waals surface area contributed by atoms with E-state index in [1.54, 1.807) is 34.0 Å². The van der Waals surface area contributed by atoms with Crippen molar-refractivity contribution in [2.75, 3.05) is 13.1 Å². The predicted octanol–water partition coefficient (Wildman–Crippen LogP) is 2.50. The summed E-state index contributed by atoms with van der Waals surface area (Å²) in [4.78, 5) is 9.25. The van der Waals surface area contributed by atoms with Gasteiger partial charge in [0.1, 0.15) is 34.7 Å². The molecule has 5 heterocycles. The number of hydrogen-bond acceptors (Lipinski definition) is 9. The van der Waals surface area contributed by atoms with Crippen LogP contribution in [0.2, 0.25) is 0 Å². The maximum Gasteiger partial charge on any atom is 0.148 e. The van der Waals surface area contributed by atoms with Crippen LogP contribution in [-0.2, 0) is 7.05 Å². The monoisotopic (exact) mass is 484 g/mol. The molecule has 36 heavy (non-hydrogen) atoms. The summed E-state index contributed by atoms with van der Waals surface area (Å²) >= 11 is 0. The third-order valence-corrected chi connectivity index (χ3v) is 6.58. The van der Waals surface area contributed by atoms with E-state index in [4.69, 9.17) is 15.6 Å². The van der Waals surface area contributed by atoms with E-state index in [-0.39, 0.29) is 12.1 Å². The number of ether oxygens (including phenoxy) is 1. The number of fused-ring (bicyclic) bond motifs is 2. The van der Waals surface area contributed by atoms with Crippen molar-refractivity contribution >= 4 is 27.8 Å². The smallest absolute Gasteiger partial charge is 0.148 e. The minimum atomic E-state index is -0.381. The number of pyridine rings is 2. The quantitative estimate of drug-likeness (QED) is 0.243. The number of nitrogens with zero attached hydrogens (tertiary/aromatic N) is 8. The van der Waals surface area contributed by atoms with Crippen molar-refractivity contribution in [2.24, 2.45) is 23.0 Å². The van der Waals surface area contributed by atoms with E-state index in [1.807, 2.05) is 27.0 Å². The Morgan fingerprint density at radius 1 is 1.25 bits per heavy atom. The summed E-state index contributed by atoms with van der Waals surface area (Å²) in [5, 5.41) is 26.8. The standard InChI is InChI=1S/C25H28N10O/c1-15(32-19-4-6-28-7-5-19)24(33-27)17-8-23(25-18(9-26)10-31-35(25)14-17)36-16(2)20-11-29-13-22-21(20)12-30-34(22)3/h8,10-14,16,19,28H,4-7,27H2,1-3H3/b32-15?,33-24+. The first-order valence-corrected chi connectivity index (χ1v) is 11.9. The maximum absolute atomic E-state index is 9.69. The van der Waals surface area contributed by atoms with Crippen LogP contribution in [0.15, 0.2) is 47.1 Å². The lowest BCUT2D eigenvalue weighted by atomic mass is 10.0. The van der Waals surface area contributed by atoms with Crippen LogP contribution in [0.1, 0.15) is 49.5 Å². The van der Waals surface area contributed by atoms with E-state index in [2.05, 4.69) is 31.7 Å². The highest BCUT2D eigenvalue weighted by Crippen LogP contribution is 2.32. The Hall–Kier alpha value is -4.30. The van der Waals surface area contributed by atoms with Crippen molar-refractivity contribution in [1.82, 2.24) is 29.7 Å². The van der Waals surface area contributed by atoms with E-state index < -0.39 is 0 Å². The van der Waals surface area contributed by atoms with Crippen LogP contribution in [-0.4, -0.2) is 54.9 Å². The molecule has 3 N–H and O–H groups in total.